The van der Waals surface area contributed by atoms with Crippen molar-refractivity contribution in [1.82, 2.24) is 0 Å². The average Bonchev–Trinajstić information content (AvgIpc) is 2.39. The van der Waals surface area contributed by atoms with Crippen molar-refractivity contribution in [1.29, 1.82) is 0 Å². The molecule has 98 valence electrons. The van der Waals surface area contributed by atoms with Crippen LogP contribution in [0.5, 0.6) is 0 Å². The van der Waals surface area contributed by atoms with Crippen LogP contribution in [0.15, 0.2) is 55.1 Å². The van der Waals surface area contributed by atoms with Gasteiger partial charge >= 0.3 is 0 Å². The van der Waals surface area contributed by atoms with Gasteiger partial charge in [-0.1, -0.05) is 41.9 Å². The second kappa shape index (κ2) is 6.05. The van der Waals surface area contributed by atoms with Crippen LogP contribution in [-0.4, -0.2) is 5.11 Å². The number of aliphatic hydroxyl groups is 1. The quantitative estimate of drug-likeness (QED) is 0.783. The number of benzene rings is 2. The molecule has 1 N–H and O–H groups in total. The topological polar surface area (TPSA) is 20.2 Å². The third-order valence-corrected chi connectivity index (χ3v) is 3.40. The maximum atomic E-state index is 10.0. The van der Waals surface area contributed by atoms with Crippen molar-refractivity contribution in [3.63, 3.8) is 0 Å². The van der Waals surface area contributed by atoms with Gasteiger partial charge in [0.05, 0.1) is 6.10 Å². The number of hydrogen-bond donors (Lipinski definition) is 1. The number of hydrogen-bond acceptors (Lipinski definition) is 1. The summed E-state index contributed by atoms with van der Waals surface area (Å²) >= 11 is 5.98. The van der Waals surface area contributed by atoms with Gasteiger partial charge in [0, 0.05) is 5.02 Å². The Balaban J connectivity index is 2.40. The molecule has 0 amide bonds. The number of aliphatic hydroxyl groups excluding tert-OH is 1. The number of aryl methyl sites for hydroxylation is 1. The van der Waals surface area contributed by atoms with E-state index in [2.05, 4.69) is 6.58 Å². The second-order valence-electron chi connectivity index (χ2n) is 4.62. The lowest BCUT2D eigenvalue weighted by Crippen LogP contribution is -1.96. The molecule has 0 aromatic heterocycles. The predicted octanol–water partition coefficient (Wildman–Crippen LogP) is 4.92. The Morgan fingerprint density at radius 1 is 1.26 bits per heavy atom. The third-order valence-electron chi connectivity index (χ3n) is 3.16. The van der Waals surface area contributed by atoms with Gasteiger partial charge in [0.2, 0.25) is 0 Å². The highest BCUT2D eigenvalue weighted by Gasteiger charge is 2.08. The first kappa shape index (κ1) is 13.9. The standard InChI is InChI=1S/C17H17ClO/c1-3-5-17(19)14-7-4-6-13(11-14)16-9-8-15(18)10-12(16)2/h3-4,6-11,17,19H,1,5H2,2H3. The van der Waals surface area contributed by atoms with Gasteiger partial charge in [0.25, 0.3) is 0 Å². The monoisotopic (exact) mass is 272 g/mol. The fraction of sp³-hybridized carbons (Fsp3) is 0.176. The number of rotatable bonds is 4. The van der Waals surface area contributed by atoms with Gasteiger partial charge in [0.15, 0.2) is 0 Å². The molecule has 0 radical (unpaired) electrons. The molecule has 2 heteroatoms. The smallest absolute Gasteiger partial charge is 0.0824 e. The summed E-state index contributed by atoms with van der Waals surface area (Å²) in [4.78, 5) is 0. The highest BCUT2D eigenvalue weighted by Crippen LogP contribution is 2.28. The molecule has 2 rings (SSSR count). The van der Waals surface area contributed by atoms with E-state index in [4.69, 9.17) is 11.6 Å². The molecule has 19 heavy (non-hydrogen) atoms. The van der Waals surface area contributed by atoms with Crippen LogP contribution in [-0.2, 0) is 0 Å². The number of halogens is 1. The Morgan fingerprint density at radius 3 is 2.74 bits per heavy atom. The maximum Gasteiger partial charge on any atom is 0.0824 e. The van der Waals surface area contributed by atoms with E-state index in [0.717, 1.165) is 27.3 Å². The van der Waals surface area contributed by atoms with Crippen LogP contribution in [0.3, 0.4) is 0 Å². The van der Waals surface area contributed by atoms with Crippen LogP contribution >= 0.6 is 11.6 Å². The first-order valence-corrected chi connectivity index (χ1v) is 6.65. The summed E-state index contributed by atoms with van der Waals surface area (Å²) in [6.07, 6.45) is 1.79. The zero-order valence-electron chi connectivity index (χ0n) is 10.9. The van der Waals surface area contributed by atoms with Crippen LogP contribution in [0.25, 0.3) is 11.1 Å². The summed E-state index contributed by atoms with van der Waals surface area (Å²) in [5, 5.41) is 10.8. The minimum atomic E-state index is -0.495. The van der Waals surface area contributed by atoms with Crippen LogP contribution in [0.4, 0.5) is 0 Å². The summed E-state index contributed by atoms with van der Waals surface area (Å²) in [6.45, 7) is 5.69. The molecule has 0 aliphatic carbocycles. The molecule has 1 unspecified atom stereocenters. The Kier molecular flexibility index (Phi) is 4.41. The molecule has 0 spiro atoms. The average molecular weight is 273 g/mol. The van der Waals surface area contributed by atoms with Gasteiger partial charge in [-0.25, -0.2) is 0 Å². The van der Waals surface area contributed by atoms with Crippen LogP contribution in [0.2, 0.25) is 5.02 Å². The van der Waals surface area contributed by atoms with Gasteiger partial charge in [0.1, 0.15) is 0 Å². The molecule has 2 aromatic rings. The molecule has 0 aliphatic rings. The van der Waals surface area contributed by atoms with Crippen molar-refractivity contribution >= 4 is 11.6 Å². The summed E-state index contributed by atoms with van der Waals surface area (Å²) in [6, 6.07) is 13.8. The molecule has 2 aromatic carbocycles. The van der Waals surface area contributed by atoms with Gasteiger partial charge in [-0.15, -0.1) is 6.58 Å². The highest BCUT2D eigenvalue weighted by molar-refractivity contribution is 6.30. The van der Waals surface area contributed by atoms with Crippen LogP contribution in [0, 0.1) is 6.92 Å². The summed E-state index contributed by atoms with van der Waals surface area (Å²) < 4.78 is 0. The lowest BCUT2D eigenvalue weighted by Gasteiger charge is -2.12. The summed E-state index contributed by atoms with van der Waals surface area (Å²) in [5.41, 5.74) is 4.27. The fourth-order valence-electron chi connectivity index (χ4n) is 2.16. The molecule has 0 fully saturated rings. The normalized spacial score (nSPS) is 12.2. The predicted molar refractivity (Wildman–Crippen MR) is 81.4 cm³/mol. The third kappa shape index (κ3) is 3.25. The zero-order chi connectivity index (χ0) is 13.8. The van der Waals surface area contributed by atoms with E-state index in [0.29, 0.717) is 6.42 Å². The van der Waals surface area contributed by atoms with Crippen molar-refractivity contribution in [2.75, 3.05) is 0 Å². The second-order valence-corrected chi connectivity index (χ2v) is 5.06. The lowest BCUT2D eigenvalue weighted by molar-refractivity contribution is 0.181. The molecular weight excluding hydrogens is 256 g/mol. The van der Waals surface area contributed by atoms with Gasteiger partial charge in [-0.05, 0) is 53.8 Å². The SMILES string of the molecule is C=CCC(O)c1cccc(-c2ccc(Cl)cc2C)c1. The van der Waals surface area contributed by atoms with Gasteiger partial charge in [-0.3, -0.25) is 0 Å². The van der Waals surface area contributed by atoms with Crippen molar-refractivity contribution < 1.29 is 5.11 Å². The fourth-order valence-corrected chi connectivity index (χ4v) is 2.39. The molecule has 0 saturated carbocycles. The zero-order valence-corrected chi connectivity index (χ0v) is 11.7. The van der Waals surface area contributed by atoms with E-state index in [1.165, 1.54) is 0 Å². The van der Waals surface area contributed by atoms with Crippen molar-refractivity contribution in [3.8, 4) is 11.1 Å². The Labute approximate surface area is 119 Å². The van der Waals surface area contributed by atoms with E-state index >= 15 is 0 Å². The van der Waals surface area contributed by atoms with Crippen molar-refractivity contribution in [2.24, 2.45) is 0 Å². The van der Waals surface area contributed by atoms with E-state index in [-0.39, 0.29) is 0 Å². The van der Waals surface area contributed by atoms with Crippen LogP contribution in [0.1, 0.15) is 23.7 Å². The molecular formula is C17H17ClO. The minimum absolute atomic E-state index is 0.495. The minimum Gasteiger partial charge on any atom is -0.388 e. The van der Waals surface area contributed by atoms with E-state index in [1.54, 1.807) is 6.08 Å². The first-order chi connectivity index (χ1) is 9.11. The van der Waals surface area contributed by atoms with Gasteiger partial charge < -0.3 is 5.11 Å². The van der Waals surface area contributed by atoms with Gasteiger partial charge in [-0.2, -0.15) is 0 Å². The molecule has 0 saturated heterocycles. The highest BCUT2D eigenvalue weighted by atomic mass is 35.5. The van der Waals surface area contributed by atoms with Crippen LogP contribution < -0.4 is 0 Å². The summed E-state index contributed by atoms with van der Waals surface area (Å²) in [5.74, 6) is 0. The van der Waals surface area contributed by atoms with E-state index < -0.39 is 6.10 Å². The molecule has 0 aliphatic heterocycles. The maximum absolute atomic E-state index is 10.0. The Hall–Kier alpha value is -1.57. The van der Waals surface area contributed by atoms with E-state index in [9.17, 15) is 5.11 Å². The molecule has 0 bridgehead atoms. The summed E-state index contributed by atoms with van der Waals surface area (Å²) in [7, 11) is 0. The van der Waals surface area contributed by atoms with Crippen molar-refractivity contribution in [3.05, 3.63) is 71.3 Å². The first-order valence-electron chi connectivity index (χ1n) is 6.27. The molecule has 1 nitrogen and oxygen atoms in total. The Morgan fingerprint density at radius 2 is 2.05 bits per heavy atom. The van der Waals surface area contributed by atoms with Crippen molar-refractivity contribution in [2.45, 2.75) is 19.4 Å². The molecule has 1 atom stereocenters. The Bertz CT molecular complexity index is 590. The largest absolute Gasteiger partial charge is 0.388 e. The lowest BCUT2D eigenvalue weighted by atomic mass is 9.97. The molecule has 0 heterocycles. The van der Waals surface area contributed by atoms with E-state index in [1.807, 2.05) is 49.4 Å².